The fourth-order valence-electron chi connectivity index (χ4n) is 6.58. The normalized spacial score (nSPS) is 17.0. The van der Waals surface area contributed by atoms with Crippen LogP contribution in [-0.4, -0.2) is 86.6 Å². The third-order valence-electron chi connectivity index (χ3n) is 9.52. The number of fused-ring (bicyclic) bond motifs is 1. The molecule has 0 spiro atoms. The molecule has 264 valence electrons. The Hall–Kier alpha value is -4.71. The van der Waals surface area contributed by atoms with Crippen molar-refractivity contribution in [3.63, 3.8) is 0 Å². The van der Waals surface area contributed by atoms with Crippen molar-refractivity contribution < 1.29 is 23.8 Å². The number of benzene rings is 3. The number of anilines is 3. The number of aromatic nitrogens is 1. The number of methoxy groups -OCH3 is 1. The van der Waals surface area contributed by atoms with Gasteiger partial charge >= 0.3 is 12.1 Å². The number of pyridine rings is 1. The molecule has 0 saturated carbocycles. The summed E-state index contributed by atoms with van der Waals surface area (Å²) in [6, 6.07) is 19.6. The first kappa shape index (κ1) is 35.1. The van der Waals surface area contributed by atoms with Gasteiger partial charge in [0.1, 0.15) is 6.61 Å². The Morgan fingerprint density at radius 3 is 2.30 bits per heavy atom. The van der Waals surface area contributed by atoms with Gasteiger partial charge in [0, 0.05) is 42.8 Å². The molecule has 3 amide bonds. The Morgan fingerprint density at radius 1 is 0.920 bits per heavy atom. The third kappa shape index (κ3) is 8.35. The van der Waals surface area contributed by atoms with Gasteiger partial charge in [0.15, 0.2) is 5.75 Å². The second-order valence-electron chi connectivity index (χ2n) is 14.1. The van der Waals surface area contributed by atoms with Crippen LogP contribution >= 0.6 is 0 Å². The van der Waals surface area contributed by atoms with Gasteiger partial charge in [-0.25, -0.2) is 9.59 Å². The maximum atomic E-state index is 13.6. The minimum absolute atomic E-state index is 0.206. The smallest absolute Gasteiger partial charge is 0.411 e. The van der Waals surface area contributed by atoms with E-state index >= 15 is 0 Å². The topological polar surface area (TPSA) is 117 Å². The molecule has 2 fully saturated rings. The predicted octanol–water partition coefficient (Wildman–Crippen LogP) is 7.33. The minimum Gasteiger partial charge on any atom is -0.492 e. The molecule has 0 radical (unpaired) electrons. The zero-order chi connectivity index (χ0) is 35.3. The molecule has 3 aromatic carbocycles. The molecule has 6 rings (SSSR count). The standard InChI is InChI=1S/C39H48N6O5/c1-39(2,3)27-21-34(36(48-5)35(22-27)43-38(47)50-25-29-9-8-16-44(29)4)42-37(46)41-33-15-14-30(31-10-6-7-11-32(31)33)26-12-13-28(40-23-26)24-45-17-19-49-20-18-45/h6-7,10-15,21-23,29H,8-9,16-20,24-25H2,1-5H3,(H,43,47)(H2,41,42,46). The maximum absolute atomic E-state index is 13.6. The SMILES string of the molecule is COc1c(NC(=O)Nc2ccc(-c3ccc(CN4CCOCC4)nc3)c3ccccc23)cc(C(C)(C)C)cc1NC(=O)OCC1CCCN1C. The van der Waals surface area contributed by atoms with E-state index < -0.39 is 12.1 Å². The number of hydrogen-bond donors (Lipinski definition) is 3. The molecule has 2 aliphatic heterocycles. The number of likely N-dealkylation sites (N-methyl/N-ethyl adjacent to an activating group) is 1. The lowest BCUT2D eigenvalue weighted by molar-refractivity contribution is 0.0336. The summed E-state index contributed by atoms with van der Waals surface area (Å²) in [5.74, 6) is 0.327. The average Bonchev–Trinajstić information content (AvgIpc) is 3.52. The van der Waals surface area contributed by atoms with E-state index in [0.717, 1.165) is 85.4 Å². The number of rotatable bonds is 9. The molecule has 1 atom stereocenters. The molecule has 1 aromatic heterocycles. The second kappa shape index (κ2) is 15.5. The van der Waals surface area contributed by atoms with Gasteiger partial charge in [-0.2, -0.15) is 0 Å². The van der Waals surface area contributed by atoms with Gasteiger partial charge in [-0.1, -0.05) is 57.2 Å². The first-order chi connectivity index (χ1) is 24.1. The molecule has 0 bridgehead atoms. The summed E-state index contributed by atoms with van der Waals surface area (Å²) in [6.45, 7) is 11.6. The number of morpholine rings is 1. The second-order valence-corrected chi connectivity index (χ2v) is 14.1. The monoisotopic (exact) mass is 680 g/mol. The quantitative estimate of drug-likeness (QED) is 0.168. The summed E-state index contributed by atoms with van der Waals surface area (Å²) in [4.78, 5) is 35.8. The van der Waals surface area contributed by atoms with E-state index in [0.29, 0.717) is 29.4 Å². The maximum Gasteiger partial charge on any atom is 0.411 e. The van der Waals surface area contributed by atoms with Gasteiger partial charge in [-0.05, 0) is 72.6 Å². The molecule has 0 aliphatic carbocycles. The molecule has 1 unspecified atom stereocenters. The van der Waals surface area contributed by atoms with E-state index in [1.807, 2.05) is 61.8 Å². The molecule has 11 nitrogen and oxygen atoms in total. The Labute approximate surface area is 294 Å². The molecule has 50 heavy (non-hydrogen) atoms. The molecule has 11 heteroatoms. The number of urea groups is 1. The van der Waals surface area contributed by atoms with E-state index in [4.69, 9.17) is 19.2 Å². The van der Waals surface area contributed by atoms with Gasteiger partial charge in [-0.15, -0.1) is 0 Å². The Bertz CT molecular complexity index is 1820. The van der Waals surface area contributed by atoms with E-state index in [2.05, 4.69) is 58.7 Å². The molecule has 2 aliphatic rings. The summed E-state index contributed by atoms with van der Waals surface area (Å²) in [7, 11) is 3.55. The van der Waals surface area contributed by atoms with E-state index in [1.54, 1.807) is 0 Å². The molecular formula is C39H48N6O5. The van der Waals surface area contributed by atoms with E-state index in [-0.39, 0.29) is 11.5 Å². The van der Waals surface area contributed by atoms with Gasteiger partial charge in [0.25, 0.3) is 0 Å². The predicted molar refractivity (Wildman–Crippen MR) is 198 cm³/mol. The fraction of sp³-hybridized carbons (Fsp3) is 0.410. The Kier molecular flexibility index (Phi) is 10.9. The van der Waals surface area contributed by atoms with Crippen molar-refractivity contribution in [1.82, 2.24) is 14.8 Å². The van der Waals surface area contributed by atoms with Crippen LogP contribution in [0, 0.1) is 0 Å². The lowest BCUT2D eigenvalue weighted by atomic mass is 9.86. The van der Waals surface area contributed by atoms with Crippen molar-refractivity contribution in [3.8, 4) is 16.9 Å². The van der Waals surface area contributed by atoms with Crippen molar-refractivity contribution >= 4 is 40.0 Å². The number of nitrogens with zero attached hydrogens (tertiary/aromatic N) is 3. The highest BCUT2D eigenvalue weighted by atomic mass is 16.5. The van der Waals surface area contributed by atoms with E-state index in [9.17, 15) is 9.59 Å². The number of hydrogen-bond acceptors (Lipinski definition) is 8. The minimum atomic E-state index is -0.571. The van der Waals surface area contributed by atoms with Gasteiger partial charge in [0.05, 0.1) is 43.1 Å². The van der Waals surface area contributed by atoms with E-state index in [1.165, 1.54) is 7.11 Å². The van der Waals surface area contributed by atoms with Gasteiger partial charge in [-0.3, -0.25) is 15.2 Å². The summed E-state index contributed by atoms with van der Waals surface area (Å²) < 4.78 is 16.8. The van der Waals surface area contributed by atoms with Crippen molar-refractivity contribution in [1.29, 1.82) is 0 Å². The molecule has 3 N–H and O–H groups in total. The summed E-state index contributed by atoms with van der Waals surface area (Å²) in [5.41, 5.74) is 5.16. The summed E-state index contributed by atoms with van der Waals surface area (Å²) >= 11 is 0. The van der Waals surface area contributed by atoms with Crippen LogP contribution in [0.3, 0.4) is 0 Å². The van der Waals surface area contributed by atoms with Crippen LogP contribution < -0.4 is 20.7 Å². The third-order valence-corrected chi connectivity index (χ3v) is 9.52. The summed E-state index contributed by atoms with van der Waals surface area (Å²) in [6.07, 6.45) is 3.43. The van der Waals surface area contributed by atoms with Crippen LogP contribution in [0.4, 0.5) is 26.7 Å². The lowest BCUT2D eigenvalue weighted by Gasteiger charge is -2.26. The number of ether oxygens (including phenoxy) is 3. The average molecular weight is 681 g/mol. The first-order valence-corrected chi connectivity index (χ1v) is 17.3. The number of amides is 3. The fourth-order valence-corrected chi connectivity index (χ4v) is 6.58. The largest absolute Gasteiger partial charge is 0.492 e. The number of likely N-dealkylation sites (tertiary alicyclic amines) is 1. The zero-order valence-corrected chi connectivity index (χ0v) is 29.7. The highest BCUT2D eigenvalue weighted by molar-refractivity contribution is 6.10. The van der Waals surface area contributed by atoms with Crippen LogP contribution in [-0.2, 0) is 21.4 Å². The first-order valence-electron chi connectivity index (χ1n) is 17.3. The molecular weight excluding hydrogens is 632 g/mol. The Balaban J connectivity index is 1.20. The van der Waals surface area contributed by atoms with Crippen molar-refractivity contribution in [2.24, 2.45) is 0 Å². The zero-order valence-electron chi connectivity index (χ0n) is 29.7. The molecule has 3 heterocycles. The number of carbonyl (C=O) groups is 2. The van der Waals surface area contributed by atoms with Crippen LogP contribution in [0.15, 0.2) is 66.9 Å². The lowest BCUT2D eigenvalue weighted by Crippen LogP contribution is -2.35. The van der Waals surface area contributed by atoms with Crippen molar-refractivity contribution in [3.05, 3.63) is 78.1 Å². The van der Waals surface area contributed by atoms with Crippen LogP contribution in [0.1, 0.15) is 44.9 Å². The van der Waals surface area contributed by atoms with Crippen LogP contribution in [0.5, 0.6) is 5.75 Å². The number of nitrogens with one attached hydrogen (secondary N) is 3. The van der Waals surface area contributed by atoms with Gasteiger partial charge < -0.3 is 29.7 Å². The molecule has 4 aromatic rings. The number of carbonyl (C=O) groups excluding carboxylic acids is 2. The van der Waals surface area contributed by atoms with Crippen molar-refractivity contribution in [2.45, 2.75) is 51.6 Å². The Morgan fingerprint density at radius 2 is 1.64 bits per heavy atom. The van der Waals surface area contributed by atoms with Crippen molar-refractivity contribution in [2.75, 3.05) is 69.6 Å². The highest BCUT2D eigenvalue weighted by Crippen LogP contribution is 2.39. The van der Waals surface area contributed by atoms with Gasteiger partial charge in [0.2, 0.25) is 0 Å². The highest BCUT2D eigenvalue weighted by Gasteiger charge is 2.25. The van der Waals surface area contributed by atoms with Crippen LogP contribution in [0.2, 0.25) is 0 Å². The molecule has 2 saturated heterocycles. The summed E-state index contributed by atoms with van der Waals surface area (Å²) in [5, 5.41) is 10.8. The van der Waals surface area contributed by atoms with Crippen LogP contribution in [0.25, 0.3) is 21.9 Å².